The van der Waals surface area contributed by atoms with E-state index in [-0.39, 0.29) is 11.3 Å². The minimum absolute atomic E-state index is 0.0266. The third-order valence-electron chi connectivity index (χ3n) is 5.90. The minimum atomic E-state index is -1.58. The molecule has 0 aromatic heterocycles. The molecule has 0 radical (unpaired) electrons. The van der Waals surface area contributed by atoms with Crippen LogP contribution in [-0.4, -0.2) is 11.3 Å². The summed E-state index contributed by atoms with van der Waals surface area (Å²) in [5, 5.41) is 0. The average molecular weight is 417 g/mol. The maximum absolute atomic E-state index is 15.2. The van der Waals surface area contributed by atoms with Crippen molar-refractivity contribution in [2.45, 2.75) is 49.8 Å². The van der Waals surface area contributed by atoms with Crippen LogP contribution in [0.2, 0.25) is 0 Å². The molecule has 2 aliphatic rings. The van der Waals surface area contributed by atoms with Gasteiger partial charge in [-0.2, -0.15) is 0 Å². The molecule has 4 rings (SSSR count). The third-order valence-corrected chi connectivity index (χ3v) is 7.68. The predicted octanol–water partition coefficient (Wildman–Crippen LogP) is 8.13. The van der Waals surface area contributed by atoms with Crippen molar-refractivity contribution >= 4 is 8.23 Å². The lowest BCUT2D eigenvalue weighted by Gasteiger charge is -2.16. The van der Waals surface area contributed by atoms with Gasteiger partial charge >= 0.3 is 0 Å². The van der Waals surface area contributed by atoms with Gasteiger partial charge < -0.3 is 0 Å². The van der Waals surface area contributed by atoms with Crippen molar-refractivity contribution in [1.82, 2.24) is 0 Å². The number of allylic oxidation sites excluding steroid dienone is 8. The van der Waals surface area contributed by atoms with Crippen LogP contribution in [0.3, 0.4) is 0 Å². The summed E-state index contributed by atoms with van der Waals surface area (Å²) in [6, 6.07) is 21.2. The van der Waals surface area contributed by atoms with Crippen LogP contribution in [0.15, 0.2) is 108 Å². The maximum Gasteiger partial charge on any atom is 0.103 e. The lowest BCUT2D eigenvalue weighted by atomic mass is 10.1. The normalized spacial score (nSPS) is 21.0. The van der Waals surface area contributed by atoms with E-state index >= 15 is 4.20 Å². The van der Waals surface area contributed by atoms with Crippen molar-refractivity contribution < 1.29 is 4.20 Å². The minimum Gasteiger partial charge on any atom is -0.225 e. The number of hydrogen-bond donors (Lipinski definition) is 0. The number of benzene rings is 2. The molecule has 0 amide bonds. The lowest BCUT2D eigenvalue weighted by Crippen LogP contribution is -2.02. The zero-order valence-corrected chi connectivity index (χ0v) is 18.4. The molecule has 0 fully saturated rings. The summed E-state index contributed by atoms with van der Waals surface area (Å²) in [6.07, 6.45) is 19.3. The van der Waals surface area contributed by atoms with Gasteiger partial charge in [-0.15, -0.1) is 0 Å². The van der Waals surface area contributed by atoms with Crippen LogP contribution in [0.25, 0.3) is 0 Å². The zero-order chi connectivity index (χ0) is 20.6. The van der Waals surface area contributed by atoms with Gasteiger partial charge in [0.25, 0.3) is 0 Å². The highest BCUT2D eigenvalue weighted by Crippen LogP contribution is 2.53. The van der Waals surface area contributed by atoms with Crippen LogP contribution in [0.1, 0.15) is 36.8 Å². The maximum atomic E-state index is 15.2. The van der Waals surface area contributed by atoms with Crippen LogP contribution in [0.5, 0.6) is 0 Å². The van der Waals surface area contributed by atoms with Gasteiger partial charge in [0.1, 0.15) is 8.23 Å². The first kappa shape index (κ1) is 21.0. The fourth-order valence-electron chi connectivity index (χ4n) is 4.23. The van der Waals surface area contributed by atoms with Gasteiger partial charge in [0.05, 0.1) is 0 Å². The molecule has 30 heavy (non-hydrogen) atoms. The molecule has 0 bridgehead atoms. The van der Waals surface area contributed by atoms with Crippen LogP contribution < -0.4 is 0 Å². The van der Waals surface area contributed by atoms with Gasteiger partial charge in [-0.3, -0.25) is 0 Å². The Hall–Kier alpha value is -2.24. The molecule has 0 spiro atoms. The van der Waals surface area contributed by atoms with E-state index in [1.807, 2.05) is 0 Å². The lowest BCUT2D eigenvalue weighted by molar-refractivity contribution is 0.822. The molecule has 2 aromatic rings. The molecule has 0 N–H and O–H groups in total. The van der Waals surface area contributed by atoms with E-state index in [9.17, 15) is 0 Å². The van der Waals surface area contributed by atoms with Gasteiger partial charge in [-0.25, -0.2) is 4.20 Å². The molecule has 0 nitrogen and oxygen atoms in total. The Bertz CT molecular complexity index is 846. The molecule has 2 heteroatoms. The molecule has 2 unspecified atom stereocenters. The van der Waals surface area contributed by atoms with Crippen molar-refractivity contribution in [1.29, 1.82) is 0 Å². The third kappa shape index (κ3) is 5.89. The fourth-order valence-corrected chi connectivity index (χ4v) is 5.79. The first-order valence-corrected chi connectivity index (χ1v) is 12.4. The number of aryl methyl sites for hydroxylation is 2. The molecule has 0 saturated carbocycles. The van der Waals surface area contributed by atoms with Crippen molar-refractivity contribution in [2.24, 2.45) is 0 Å². The van der Waals surface area contributed by atoms with Gasteiger partial charge in [0.15, 0.2) is 0 Å². The molecule has 2 aromatic carbocycles. The van der Waals surface area contributed by atoms with E-state index in [2.05, 4.69) is 97.1 Å². The van der Waals surface area contributed by atoms with Crippen LogP contribution >= 0.6 is 8.23 Å². The predicted molar refractivity (Wildman–Crippen MR) is 129 cm³/mol. The standard InChI is InChI=1S/C28H30FP/c29-30(27-19-17-25(21-27)15-7-13-23-9-3-1-4-10-23)28-20-18-26(22-28)16-8-14-24-11-5-2-6-12-24/h1-6,9-12,17-22,27-28H,7-8,13-16H2. The summed E-state index contributed by atoms with van der Waals surface area (Å²) < 4.78 is 15.2. The Morgan fingerprint density at radius 2 is 1.03 bits per heavy atom. The summed E-state index contributed by atoms with van der Waals surface area (Å²) in [4.78, 5) is 0. The molecule has 2 aliphatic carbocycles. The van der Waals surface area contributed by atoms with Crippen molar-refractivity contribution in [2.75, 3.05) is 0 Å². The molecule has 0 heterocycles. The van der Waals surface area contributed by atoms with E-state index in [1.54, 1.807) is 0 Å². The van der Waals surface area contributed by atoms with Gasteiger partial charge in [-0.1, -0.05) is 108 Å². The highest BCUT2D eigenvalue weighted by molar-refractivity contribution is 7.54. The monoisotopic (exact) mass is 416 g/mol. The number of halogens is 1. The number of hydrogen-bond acceptors (Lipinski definition) is 0. The van der Waals surface area contributed by atoms with E-state index in [1.165, 1.54) is 22.3 Å². The summed E-state index contributed by atoms with van der Waals surface area (Å²) in [5.41, 5.74) is 5.31. The Labute approximate surface area is 181 Å². The Balaban J connectivity index is 1.22. The Morgan fingerprint density at radius 1 is 0.600 bits per heavy atom. The van der Waals surface area contributed by atoms with Crippen LogP contribution in [0.4, 0.5) is 4.20 Å². The second-order valence-corrected chi connectivity index (χ2v) is 10.1. The SMILES string of the molecule is FP(C1C=CC(CCCc2ccccc2)=C1)C1C=CC(CCCc2ccccc2)=C1. The first-order valence-electron chi connectivity index (χ1n) is 11.1. The van der Waals surface area contributed by atoms with Gasteiger partial charge in [0.2, 0.25) is 0 Å². The van der Waals surface area contributed by atoms with E-state index in [4.69, 9.17) is 0 Å². The summed E-state index contributed by atoms with van der Waals surface area (Å²) >= 11 is 0. The zero-order valence-electron chi connectivity index (χ0n) is 17.5. The number of rotatable bonds is 10. The van der Waals surface area contributed by atoms with E-state index < -0.39 is 8.23 Å². The fraction of sp³-hybridized carbons (Fsp3) is 0.286. The van der Waals surface area contributed by atoms with E-state index in [0.717, 1.165) is 38.5 Å². The molecular weight excluding hydrogens is 386 g/mol. The van der Waals surface area contributed by atoms with Crippen molar-refractivity contribution in [3.05, 3.63) is 119 Å². The van der Waals surface area contributed by atoms with E-state index in [0.29, 0.717) is 0 Å². The summed E-state index contributed by atoms with van der Waals surface area (Å²) in [7, 11) is -1.58. The van der Waals surface area contributed by atoms with Crippen molar-refractivity contribution in [3.63, 3.8) is 0 Å². The van der Waals surface area contributed by atoms with Crippen LogP contribution in [-0.2, 0) is 12.8 Å². The highest BCUT2D eigenvalue weighted by atomic mass is 31.2. The molecule has 0 aliphatic heterocycles. The Kier molecular flexibility index (Phi) is 7.49. The molecular formula is C28H30FP. The topological polar surface area (TPSA) is 0 Å². The van der Waals surface area contributed by atoms with Gasteiger partial charge in [-0.05, 0) is 49.7 Å². The average Bonchev–Trinajstić information content (AvgIpc) is 3.45. The highest BCUT2D eigenvalue weighted by Gasteiger charge is 2.28. The van der Waals surface area contributed by atoms with Crippen LogP contribution in [0, 0.1) is 0 Å². The molecule has 154 valence electrons. The van der Waals surface area contributed by atoms with Crippen molar-refractivity contribution in [3.8, 4) is 0 Å². The Morgan fingerprint density at radius 3 is 1.47 bits per heavy atom. The quantitative estimate of drug-likeness (QED) is 0.343. The largest absolute Gasteiger partial charge is 0.225 e. The summed E-state index contributed by atoms with van der Waals surface area (Å²) in [5.74, 6) is 0. The molecule has 0 saturated heterocycles. The second-order valence-electron chi connectivity index (χ2n) is 8.21. The summed E-state index contributed by atoms with van der Waals surface area (Å²) in [6.45, 7) is 0. The van der Waals surface area contributed by atoms with Gasteiger partial charge in [0, 0.05) is 11.3 Å². The molecule has 2 atom stereocenters. The first-order chi connectivity index (χ1) is 14.8. The smallest absolute Gasteiger partial charge is 0.103 e. The second kappa shape index (κ2) is 10.7.